The lowest BCUT2D eigenvalue weighted by Crippen LogP contribution is -2.37. The standard InChI is InChI=1S/C20H30N2/c1-6-19-11-15(3)16(4)12-20(19)17(5)22-10-8-9-18(14-22)13-21-7-2/h7,11-12,18,21H,2,5-6,8-10,13-14H2,1,3-4H3. The molecule has 0 spiro atoms. The van der Waals surface area contributed by atoms with E-state index >= 15 is 0 Å². The number of piperidine rings is 1. The minimum Gasteiger partial charge on any atom is -0.391 e. The SMILES string of the molecule is C=CNCC1CCCN(C(=C)c2cc(C)c(C)cc2CC)C1. The maximum absolute atomic E-state index is 4.43. The van der Waals surface area contributed by atoms with Gasteiger partial charge in [0.2, 0.25) is 0 Å². The Bertz CT molecular complexity index is 545. The molecule has 1 aromatic carbocycles. The number of nitrogens with one attached hydrogen (secondary N) is 1. The van der Waals surface area contributed by atoms with Crippen LogP contribution in [0.5, 0.6) is 0 Å². The number of likely N-dealkylation sites (tertiary alicyclic amines) is 1. The minimum atomic E-state index is 0.681. The summed E-state index contributed by atoms with van der Waals surface area (Å²) in [6, 6.07) is 4.65. The second-order valence-corrected chi connectivity index (χ2v) is 6.46. The van der Waals surface area contributed by atoms with Gasteiger partial charge < -0.3 is 10.2 Å². The van der Waals surface area contributed by atoms with Crippen molar-refractivity contribution in [1.29, 1.82) is 0 Å². The third-order valence-corrected chi connectivity index (χ3v) is 4.86. The summed E-state index contributed by atoms with van der Waals surface area (Å²) in [6.45, 7) is 18.0. The number of aryl methyl sites for hydroxylation is 3. The van der Waals surface area contributed by atoms with Crippen molar-refractivity contribution in [3.63, 3.8) is 0 Å². The summed E-state index contributed by atoms with van der Waals surface area (Å²) >= 11 is 0. The molecule has 1 aliphatic heterocycles. The molecule has 0 aliphatic carbocycles. The molecule has 0 saturated carbocycles. The van der Waals surface area contributed by atoms with Crippen molar-refractivity contribution in [2.45, 2.75) is 40.0 Å². The lowest BCUT2D eigenvalue weighted by atomic mass is 9.93. The average Bonchev–Trinajstić information content (AvgIpc) is 2.54. The Balaban J connectivity index is 2.17. The molecule has 0 aromatic heterocycles. The smallest absolute Gasteiger partial charge is 0.0369 e. The van der Waals surface area contributed by atoms with Crippen LogP contribution in [-0.2, 0) is 6.42 Å². The van der Waals surface area contributed by atoms with Crippen LogP contribution in [0.1, 0.15) is 42.0 Å². The van der Waals surface area contributed by atoms with Gasteiger partial charge in [0, 0.05) is 30.9 Å². The van der Waals surface area contributed by atoms with E-state index in [1.165, 1.54) is 40.8 Å². The summed E-state index contributed by atoms with van der Waals surface area (Å²) < 4.78 is 0. The molecule has 1 aliphatic rings. The average molecular weight is 298 g/mol. The molecular weight excluding hydrogens is 268 g/mol. The van der Waals surface area contributed by atoms with Crippen molar-refractivity contribution < 1.29 is 0 Å². The summed E-state index contributed by atoms with van der Waals surface area (Å²) in [4.78, 5) is 2.47. The summed E-state index contributed by atoms with van der Waals surface area (Å²) in [7, 11) is 0. The third kappa shape index (κ3) is 3.73. The fourth-order valence-electron chi connectivity index (χ4n) is 3.33. The maximum Gasteiger partial charge on any atom is 0.0369 e. The van der Waals surface area contributed by atoms with Crippen LogP contribution in [0.15, 0.2) is 31.5 Å². The van der Waals surface area contributed by atoms with E-state index in [1.807, 2.05) is 0 Å². The number of nitrogens with zero attached hydrogens (tertiary/aromatic N) is 1. The first-order chi connectivity index (χ1) is 10.6. The van der Waals surface area contributed by atoms with Gasteiger partial charge in [-0.2, -0.15) is 0 Å². The monoisotopic (exact) mass is 298 g/mol. The quantitative estimate of drug-likeness (QED) is 0.843. The first kappa shape index (κ1) is 16.7. The molecule has 1 heterocycles. The molecule has 1 N–H and O–H groups in total. The molecule has 2 heteroatoms. The summed E-state index contributed by atoms with van der Waals surface area (Å²) in [5, 5.41) is 3.26. The van der Waals surface area contributed by atoms with Crippen LogP contribution >= 0.6 is 0 Å². The summed E-state index contributed by atoms with van der Waals surface area (Å²) in [5.41, 5.74) is 6.68. The van der Waals surface area contributed by atoms with Crippen molar-refractivity contribution in [3.05, 3.63) is 53.7 Å². The van der Waals surface area contributed by atoms with Gasteiger partial charge in [0.25, 0.3) is 0 Å². The van der Waals surface area contributed by atoms with Gasteiger partial charge in [-0.25, -0.2) is 0 Å². The second kappa shape index (κ2) is 7.53. The molecule has 1 aromatic rings. The van der Waals surface area contributed by atoms with E-state index in [1.54, 1.807) is 6.20 Å². The van der Waals surface area contributed by atoms with E-state index in [4.69, 9.17) is 0 Å². The maximum atomic E-state index is 4.43. The molecule has 120 valence electrons. The lowest BCUT2D eigenvalue weighted by Gasteiger charge is -2.36. The minimum absolute atomic E-state index is 0.681. The first-order valence-corrected chi connectivity index (χ1v) is 8.45. The summed E-state index contributed by atoms with van der Waals surface area (Å²) in [6.07, 6.45) is 5.39. The normalized spacial score (nSPS) is 18.1. The Morgan fingerprint density at radius 2 is 2.09 bits per heavy atom. The van der Waals surface area contributed by atoms with E-state index in [9.17, 15) is 0 Å². The molecule has 0 amide bonds. The molecule has 0 radical (unpaired) electrons. The molecule has 0 bridgehead atoms. The van der Waals surface area contributed by atoms with Gasteiger partial charge in [0.15, 0.2) is 0 Å². The number of hydrogen-bond acceptors (Lipinski definition) is 2. The number of rotatable bonds is 6. The highest BCUT2D eigenvalue weighted by atomic mass is 15.1. The zero-order valence-corrected chi connectivity index (χ0v) is 14.4. The van der Waals surface area contributed by atoms with Gasteiger partial charge in [-0.1, -0.05) is 26.1 Å². The zero-order valence-electron chi connectivity index (χ0n) is 14.4. The number of hydrogen-bond donors (Lipinski definition) is 1. The van der Waals surface area contributed by atoms with Crippen LogP contribution in [0.25, 0.3) is 5.70 Å². The van der Waals surface area contributed by atoms with Gasteiger partial charge in [0.1, 0.15) is 0 Å². The molecular formula is C20H30N2. The van der Waals surface area contributed by atoms with Gasteiger partial charge in [0.05, 0.1) is 0 Å². The van der Waals surface area contributed by atoms with E-state index in [0.29, 0.717) is 5.92 Å². The zero-order chi connectivity index (χ0) is 16.1. The molecule has 2 rings (SSSR count). The fraction of sp³-hybridized carbons (Fsp3) is 0.500. The predicted octanol–water partition coefficient (Wildman–Crippen LogP) is 4.28. The van der Waals surface area contributed by atoms with Gasteiger partial charge in [-0.05, 0) is 68.0 Å². The largest absolute Gasteiger partial charge is 0.391 e. The van der Waals surface area contributed by atoms with Crippen LogP contribution < -0.4 is 5.32 Å². The van der Waals surface area contributed by atoms with Crippen LogP contribution in [-0.4, -0.2) is 24.5 Å². The molecule has 1 fully saturated rings. The Hall–Kier alpha value is -1.70. The highest BCUT2D eigenvalue weighted by Crippen LogP contribution is 2.29. The lowest BCUT2D eigenvalue weighted by molar-refractivity contribution is 0.246. The predicted molar refractivity (Wildman–Crippen MR) is 96.8 cm³/mol. The van der Waals surface area contributed by atoms with Gasteiger partial charge in [-0.15, -0.1) is 0 Å². The van der Waals surface area contributed by atoms with Crippen LogP contribution in [0.4, 0.5) is 0 Å². The van der Waals surface area contributed by atoms with Crippen LogP contribution in [0.3, 0.4) is 0 Å². The topological polar surface area (TPSA) is 15.3 Å². The van der Waals surface area contributed by atoms with Gasteiger partial charge >= 0.3 is 0 Å². The highest BCUT2D eigenvalue weighted by Gasteiger charge is 2.22. The van der Waals surface area contributed by atoms with Crippen molar-refractivity contribution in [1.82, 2.24) is 10.2 Å². The Labute approximate surface area is 135 Å². The van der Waals surface area contributed by atoms with E-state index in [2.05, 4.69) is 56.3 Å². The van der Waals surface area contributed by atoms with Gasteiger partial charge in [-0.3, -0.25) is 0 Å². The second-order valence-electron chi connectivity index (χ2n) is 6.46. The van der Waals surface area contributed by atoms with Crippen molar-refractivity contribution >= 4 is 5.70 Å². The van der Waals surface area contributed by atoms with E-state index in [0.717, 1.165) is 26.1 Å². The molecule has 2 nitrogen and oxygen atoms in total. The van der Waals surface area contributed by atoms with Crippen molar-refractivity contribution in [3.8, 4) is 0 Å². The third-order valence-electron chi connectivity index (χ3n) is 4.86. The Morgan fingerprint density at radius 1 is 1.36 bits per heavy atom. The molecule has 1 saturated heterocycles. The Kier molecular flexibility index (Phi) is 5.70. The highest BCUT2D eigenvalue weighted by molar-refractivity contribution is 5.66. The van der Waals surface area contributed by atoms with Crippen LogP contribution in [0.2, 0.25) is 0 Å². The van der Waals surface area contributed by atoms with E-state index in [-0.39, 0.29) is 0 Å². The number of benzene rings is 1. The summed E-state index contributed by atoms with van der Waals surface area (Å²) in [5.74, 6) is 0.681. The Morgan fingerprint density at radius 3 is 2.77 bits per heavy atom. The van der Waals surface area contributed by atoms with Crippen molar-refractivity contribution in [2.75, 3.05) is 19.6 Å². The fourth-order valence-corrected chi connectivity index (χ4v) is 3.33. The molecule has 1 atom stereocenters. The van der Waals surface area contributed by atoms with E-state index < -0.39 is 0 Å². The first-order valence-electron chi connectivity index (χ1n) is 8.45. The molecule has 22 heavy (non-hydrogen) atoms. The van der Waals surface area contributed by atoms with Crippen molar-refractivity contribution in [2.24, 2.45) is 5.92 Å². The molecule has 1 unspecified atom stereocenters. The van der Waals surface area contributed by atoms with Crippen LogP contribution in [0, 0.1) is 19.8 Å².